The molecular formula is C14H10F4. The van der Waals surface area contributed by atoms with Gasteiger partial charge in [0.1, 0.15) is 5.82 Å². The monoisotopic (exact) mass is 254 g/mol. The summed E-state index contributed by atoms with van der Waals surface area (Å²) in [6.07, 6.45) is -4.42. The van der Waals surface area contributed by atoms with Crippen molar-refractivity contribution in [3.63, 3.8) is 0 Å². The van der Waals surface area contributed by atoms with Crippen molar-refractivity contribution in [3.8, 4) is 11.1 Å². The van der Waals surface area contributed by atoms with Crippen molar-refractivity contribution in [1.82, 2.24) is 0 Å². The van der Waals surface area contributed by atoms with Crippen molar-refractivity contribution < 1.29 is 17.6 Å². The lowest BCUT2D eigenvalue weighted by Crippen LogP contribution is -2.04. The van der Waals surface area contributed by atoms with Crippen molar-refractivity contribution in [2.24, 2.45) is 0 Å². The van der Waals surface area contributed by atoms with E-state index in [1.54, 1.807) is 13.0 Å². The van der Waals surface area contributed by atoms with Crippen LogP contribution in [0.3, 0.4) is 0 Å². The van der Waals surface area contributed by atoms with E-state index >= 15 is 0 Å². The van der Waals surface area contributed by atoms with E-state index < -0.39 is 17.6 Å². The van der Waals surface area contributed by atoms with Crippen LogP contribution in [0.5, 0.6) is 0 Å². The maximum Gasteiger partial charge on any atom is 0.416 e. The second-order valence-corrected chi connectivity index (χ2v) is 4.06. The fourth-order valence-electron chi connectivity index (χ4n) is 1.72. The number of rotatable bonds is 1. The molecule has 0 heterocycles. The lowest BCUT2D eigenvalue weighted by Gasteiger charge is -2.09. The molecule has 18 heavy (non-hydrogen) atoms. The number of halogens is 4. The summed E-state index contributed by atoms with van der Waals surface area (Å²) in [5.41, 5.74) is 0.345. The van der Waals surface area contributed by atoms with Gasteiger partial charge in [-0.3, -0.25) is 0 Å². The smallest absolute Gasteiger partial charge is 0.206 e. The maximum absolute atomic E-state index is 13.7. The Bertz CT molecular complexity index is 570. The summed E-state index contributed by atoms with van der Waals surface area (Å²) in [5, 5.41) is 0. The number of aryl methyl sites for hydroxylation is 1. The normalized spacial score (nSPS) is 11.6. The molecule has 0 nitrogen and oxygen atoms in total. The molecule has 0 amide bonds. The second-order valence-electron chi connectivity index (χ2n) is 4.06. The van der Waals surface area contributed by atoms with Crippen molar-refractivity contribution in [3.05, 3.63) is 59.4 Å². The van der Waals surface area contributed by atoms with Crippen LogP contribution in [0, 0.1) is 12.7 Å². The summed E-state index contributed by atoms with van der Waals surface area (Å²) in [6.45, 7) is 1.72. The van der Waals surface area contributed by atoms with Gasteiger partial charge < -0.3 is 0 Å². The van der Waals surface area contributed by atoms with Gasteiger partial charge in [0.2, 0.25) is 0 Å². The van der Waals surface area contributed by atoms with Crippen LogP contribution >= 0.6 is 0 Å². The summed E-state index contributed by atoms with van der Waals surface area (Å²) in [4.78, 5) is 0. The van der Waals surface area contributed by atoms with E-state index in [0.29, 0.717) is 0 Å². The minimum atomic E-state index is -4.42. The highest BCUT2D eigenvalue weighted by atomic mass is 19.4. The Labute approximate surface area is 102 Å². The van der Waals surface area contributed by atoms with Gasteiger partial charge in [-0.05, 0) is 36.2 Å². The van der Waals surface area contributed by atoms with Crippen LogP contribution in [0.15, 0.2) is 42.5 Å². The van der Waals surface area contributed by atoms with Crippen molar-refractivity contribution >= 4 is 0 Å². The Kier molecular flexibility index (Phi) is 3.11. The highest BCUT2D eigenvalue weighted by molar-refractivity contribution is 5.65. The van der Waals surface area contributed by atoms with Crippen molar-refractivity contribution in [2.45, 2.75) is 13.1 Å². The van der Waals surface area contributed by atoms with Gasteiger partial charge in [-0.1, -0.05) is 24.3 Å². The fourth-order valence-corrected chi connectivity index (χ4v) is 1.72. The highest BCUT2D eigenvalue weighted by Gasteiger charge is 2.30. The number of alkyl halides is 3. The molecule has 0 N–H and O–H groups in total. The fraction of sp³-hybridized carbons (Fsp3) is 0.143. The largest absolute Gasteiger partial charge is 0.416 e. The molecule has 0 saturated carbocycles. The summed E-state index contributed by atoms with van der Waals surface area (Å²) in [7, 11) is 0. The molecule has 94 valence electrons. The van der Waals surface area contributed by atoms with Gasteiger partial charge >= 0.3 is 6.18 Å². The highest BCUT2D eigenvalue weighted by Crippen LogP contribution is 2.32. The van der Waals surface area contributed by atoms with E-state index in [1.165, 1.54) is 24.3 Å². The SMILES string of the molecule is Cc1ccc(-c2cccc(C(F)(F)F)c2)c(F)c1. The number of benzene rings is 2. The quantitative estimate of drug-likeness (QED) is 0.640. The molecule has 0 bridgehead atoms. The third-order valence-corrected chi connectivity index (χ3v) is 2.63. The maximum atomic E-state index is 13.7. The summed E-state index contributed by atoms with van der Waals surface area (Å²) < 4.78 is 51.3. The van der Waals surface area contributed by atoms with E-state index in [-0.39, 0.29) is 11.1 Å². The van der Waals surface area contributed by atoms with E-state index in [2.05, 4.69) is 0 Å². The van der Waals surface area contributed by atoms with Crippen LogP contribution in [0.2, 0.25) is 0 Å². The lowest BCUT2D eigenvalue weighted by atomic mass is 10.0. The Balaban J connectivity index is 2.51. The van der Waals surface area contributed by atoms with E-state index in [9.17, 15) is 17.6 Å². The summed E-state index contributed by atoms with van der Waals surface area (Å²) in [5.74, 6) is -0.519. The zero-order valence-electron chi connectivity index (χ0n) is 9.55. The predicted molar refractivity (Wildman–Crippen MR) is 61.6 cm³/mol. The Morgan fingerprint density at radius 1 is 0.944 bits per heavy atom. The Morgan fingerprint density at radius 2 is 1.67 bits per heavy atom. The van der Waals surface area contributed by atoms with Crippen LogP contribution in [-0.2, 0) is 6.18 Å². The third-order valence-electron chi connectivity index (χ3n) is 2.63. The number of hydrogen-bond donors (Lipinski definition) is 0. The standard InChI is InChI=1S/C14H10F4/c1-9-5-6-12(13(15)7-9)10-3-2-4-11(8-10)14(16,17)18/h2-8H,1H3. The van der Waals surface area contributed by atoms with Crippen LogP contribution in [0.25, 0.3) is 11.1 Å². The molecular weight excluding hydrogens is 244 g/mol. The molecule has 0 unspecified atom stereocenters. The Morgan fingerprint density at radius 3 is 2.28 bits per heavy atom. The van der Waals surface area contributed by atoms with Crippen molar-refractivity contribution in [1.29, 1.82) is 0 Å². The number of hydrogen-bond acceptors (Lipinski definition) is 0. The van der Waals surface area contributed by atoms with E-state index in [1.807, 2.05) is 0 Å². The molecule has 2 rings (SSSR count). The lowest BCUT2D eigenvalue weighted by molar-refractivity contribution is -0.137. The van der Waals surface area contributed by atoms with E-state index in [4.69, 9.17) is 0 Å². The molecule has 2 aromatic carbocycles. The zero-order chi connectivity index (χ0) is 13.3. The molecule has 0 aliphatic carbocycles. The van der Waals surface area contributed by atoms with E-state index in [0.717, 1.165) is 17.7 Å². The van der Waals surface area contributed by atoms with Gasteiger partial charge in [-0.25, -0.2) is 4.39 Å². The molecule has 0 aliphatic heterocycles. The minimum absolute atomic E-state index is 0.173. The van der Waals surface area contributed by atoms with Crippen LogP contribution < -0.4 is 0 Å². The van der Waals surface area contributed by atoms with Gasteiger partial charge in [-0.15, -0.1) is 0 Å². The third kappa shape index (κ3) is 2.53. The van der Waals surface area contributed by atoms with Crippen LogP contribution in [0.1, 0.15) is 11.1 Å². The molecule has 4 heteroatoms. The zero-order valence-corrected chi connectivity index (χ0v) is 9.55. The van der Waals surface area contributed by atoms with Gasteiger partial charge in [0.05, 0.1) is 5.56 Å². The molecule has 0 aromatic heterocycles. The molecule has 0 fully saturated rings. The summed E-state index contributed by atoms with van der Waals surface area (Å²) in [6, 6.07) is 9.11. The van der Waals surface area contributed by atoms with Gasteiger partial charge in [-0.2, -0.15) is 13.2 Å². The average molecular weight is 254 g/mol. The first-order valence-corrected chi connectivity index (χ1v) is 5.32. The Hall–Kier alpha value is -1.84. The second kappa shape index (κ2) is 4.44. The summed E-state index contributed by atoms with van der Waals surface area (Å²) >= 11 is 0. The minimum Gasteiger partial charge on any atom is -0.206 e. The molecule has 0 atom stereocenters. The molecule has 0 aliphatic rings. The first-order valence-electron chi connectivity index (χ1n) is 5.32. The van der Waals surface area contributed by atoms with Gasteiger partial charge in [0, 0.05) is 5.56 Å². The van der Waals surface area contributed by atoms with Crippen LogP contribution in [0.4, 0.5) is 17.6 Å². The average Bonchev–Trinajstić information content (AvgIpc) is 2.28. The first-order chi connectivity index (χ1) is 8.38. The van der Waals surface area contributed by atoms with Crippen LogP contribution in [-0.4, -0.2) is 0 Å². The van der Waals surface area contributed by atoms with Gasteiger partial charge in [0.15, 0.2) is 0 Å². The van der Waals surface area contributed by atoms with Gasteiger partial charge in [0.25, 0.3) is 0 Å². The molecule has 2 aromatic rings. The molecule has 0 saturated heterocycles. The van der Waals surface area contributed by atoms with Crippen molar-refractivity contribution in [2.75, 3.05) is 0 Å². The predicted octanol–water partition coefficient (Wildman–Crippen LogP) is 4.82. The molecule has 0 spiro atoms. The first kappa shape index (κ1) is 12.6. The topological polar surface area (TPSA) is 0 Å². The molecule has 0 radical (unpaired) electrons.